The summed E-state index contributed by atoms with van der Waals surface area (Å²) in [5, 5.41) is 0.434. The topological polar surface area (TPSA) is 46.5 Å². The highest BCUT2D eigenvalue weighted by atomic mass is 35.5. The Hall–Kier alpha value is -1.15. The molecule has 0 aliphatic heterocycles. The minimum atomic E-state index is 0.183. The predicted molar refractivity (Wildman–Crippen MR) is 49.6 cm³/mol. The summed E-state index contributed by atoms with van der Waals surface area (Å²) in [5.74, 6) is 0. The van der Waals surface area contributed by atoms with Crippen molar-refractivity contribution in [3.8, 4) is 0 Å². The number of benzene rings is 1. The van der Waals surface area contributed by atoms with Gasteiger partial charge in [0, 0.05) is 5.56 Å². The third-order valence-electron chi connectivity index (χ3n) is 1.36. The Morgan fingerprint density at radius 3 is 2.54 bits per heavy atom. The summed E-state index contributed by atoms with van der Waals surface area (Å²) in [6.07, 6.45) is 1.89. The number of nitrogens with zero attached hydrogens (tertiary/aromatic N) is 1. The van der Waals surface area contributed by atoms with E-state index >= 15 is 0 Å². The fourth-order valence-corrected chi connectivity index (χ4v) is 1.25. The maximum atomic E-state index is 10.4. The molecule has 0 spiro atoms. The summed E-state index contributed by atoms with van der Waals surface area (Å²) in [6, 6.07) is 2.67. The van der Waals surface area contributed by atoms with Gasteiger partial charge in [0.15, 0.2) is 6.29 Å². The van der Waals surface area contributed by atoms with Gasteiger partial charge in [0.25, 0.3) is 0 Å². The standard InChI is InChI=1S/C8H3Cl2NO2/c9-6-2-7(10)8(11-4-13)1-5(6)3-12/h1-3H. The van der Waals surface area contributed by atoms with Crippen LogP contribution >= 0.6 is 23.2 Å². The second-order valence-electron chi connectivity index (χ2n) is 2.15. The van der Waals surface area contributed by atoms with E-state index in [4.69, 9.17) is 23.2 Å². The lowest BCUT2D eigenvalue weighted by Gasteiger charge is -1.99. The third-order valence-corrected chi connectivity index (χ3v) is 1.99. The maximum absolute atomic E-state index is 10.4. The van der Waals surface area contributed by atoms with Crippen LogP contribution < -0.4 is 0 Å². The highest BCUT2D eigenvalue weighted by Gasteiger charge is 2.05. The van der Waals surface area contributed by atoms with Crippen molar-refractivity contribution in [2.75, 3.05) is 0 Å². The molecule has 0 N–H and O–H groups in total. The van der Waals surface area contributed by atoms with Crippen LogP contribution in [0.25, 0.3) is 0 Å². The Kier molecular flexibility index (Phi) is 3.20. The molecule has 0 aromatic heterocycles. The van der Waals surface area contributed by atoms with E-state index in [9.17, 15) is 9.59 Å². The second-order valence-corrected chi connectivity index (χ2v) is 2.96. The SMILES string of the molecule is O=C=Nc1cc(C=O)c(Cl)cc1Cl. The largest absolute Gasteiger partial charge is 0.298 e. The minimum absolute atomic E-state index is 0.183. The molecule has 13 heavy (non-hydrogen) atoms. The number of hydrogen-bond acceptors (Lipinski definition) is 3. The van der Waals surface area contributed by atoms with Gasteiger partial charge >= 0.3 is 0 Å². The number of aliphatic imine (C=N–C) groups is 1. The molecule has 0 aliphatic carbocycles. The Bertz CT molecular complexity index is 397. The zero-order valence-corrected chi connectivity index (χ0v) is 7.76. The lowest BCUT2D eigenvalue weighted by atomic mass is 10.2. The first-order valence-electron chi connectivity index (χ1n) is 3.21. The normalized spacial score (nSPS) is 9.08. The Morgan fingerprint density at radius 2 is 2.00 bits per heavy atom. The molecule has 1 aromatic rings. The van der Waals surface area contributed by atoms with Crippen molar-refractivity contribution < 1.29 is 9.59 Å². The first kappa shape index (κ1) is 9.93. The monoisotopic (exact) mass is 215 g/mol. The van der Waals surface area contributed by atoms with E-state index in [1.165, 1.54) is 18.2 Å². The number of aldehydes is 1. The molecular formula is C8H3Cl2NO2. The quantitative estimate of drug-likeness (QED) is 0.433. The van der Waals surface area contributed by atoms with Crippen molar-refractivity contribution in [1.29, 1.82) is 0 Å². The zero-order chi connectivity index (χ0) is 9.84. The van der Waals surface area contributed by atoms with E-state index in [1.807, 2.05) is 0 Å². The van der Waals surface area contributed by atoms with Crippen LogP contribution in [0.5, 0.6) is 0 Å². The highest BCUT2D eigenvalue weighted by molar-refractivity contribution is 6.37. The van der Waals surface area contributed by atoms with Crippen molar-refractivity contribution in [3.63, 3.8) is 0 Å². The Morgan fingerprint density at radius 1 is 1.31 bits per heavy atom. The van der Waals surface area contributed by atoms with E-state index in [0.717, 1.165) is 0 Å². The molecule has 0 fully saturated rings. The van der Waals surface area contributed by atoms with Crippen LogP contribution in [0, 0.1) is 0 Å². The molecule has 0 amide bonds. The van der Waals surface area contributed by atoms with Gasteiger partial charge in [-0.05, 0) is 12.1 Å². The number of carbonyl (C=O) groups is 1. The summed E-state index contributed by atoms with van der Waals surface area (Å²) in [4.78, 5) is 23.7. The van der Waals surface area contributed by atoms with E-state index in [-0.39, 0.29) is 21.3 Å². The molecule has 5 heteroatoms. The first-order chi connectivity index (χ1) is 6.19. The molecule has 0 bridgehead atoms. The molecule has 0 unspecified atom stereocenters. The van der Waals surface area contributed by atoms with Crippen molar-refractivity contribution in [1.82, 2.24) is 0 Å². The summed E-state index contributed by atoms with van der Waals surface area (Å²) in [5.41, 5.74) is 0.420. The van der Waals surface area contributed by atoms with Gasteiger partial charge in [-0.1, -0.05) is 23.2 Å². The van der Waals surface area contributed by atoms with Gasteiger partial charge in [0.2, 0.25) is 6.08 Å². The number of isocyanates is 1. The lowest BCUT2D eigenvalue weighted by molar-refractivity contribution is 0.112. The predicted octanol–water partition coefficient (Wildman–Crippen LogP) is 2.77. The number of rotatable bonds is 2. The first-order valence-corrected chi connectivity index (χ1v) is 3.96. The van der Waals surface area contributed by atoms with E-state index < -0.39 is 0 Å². The molecule has 0 heterocycles. The van der Waals surface area contributed by atoms with E-state index in [0.29, 0.717) is 6.29 Å². The van der Waals surface area contributed by atoms with Crippen LogP contribution in [0.1, 0.15) is 10.4 Å². The molecule has 0 radical (unpaired) electrons. The maximum Gasteiger partial charge on any atom is 0.240 e. The van der Waals surface area contributed by atoms with Gasteiger partial charge in [0.1, 0.15) is 0 Å². The fraction of sp³-hybridized carbons (Fsp3) is 0. The van der Waals surface area contributed by atoms with Crippen LogP contribution in [0.3, 0.4) is 0 Å². The second kappa shape index (κ2) is 4.19. The lowest BCUT2D eigenvalue weighted by Crippen LogP contribution is -1.81. The molecule has 0 atom stereocenters. The summed E-state index contributed by atoms with van der Waals surface area (Å²) < 4.78 is 0. The van der Waals surface area contributed by atoms with Crippen LogP contribution in [-0.4, -0.2) is 12.4 Å². The molecule has 0 aliphatic rings. The smallest absolute Gasteiger partial charge is 0.240 e. The Labute approximate surface area is 84.0 Å². The van der Waals surface area contributed by atoms with Crippen LogP contribution in [0.4, 0.5) is 5.69 Å². The molecular weight excluding hydrogens is 213 g/mol. The summed E-state index contributed by atoms with van der Waals surface area (Å²) in [6.45, 7) is 0. The van der Waals surface area contributed by atoms with Gasteiger partial charge in [0.05, 0.1) is 15.7 Å². The van der Waals surface area contributed by atoms with Gasteiger partial charge in [-0.3, -0.25) is 4.79 Å². The zero-order valence-electron chi connectivity index (χ0n) is 6.25. The number of hydrogen-bond donors (Lipinski definition) is 0. The Balaban J connectivity index is 3.37. The molecule has 3 nitrogen and oxygen atoms in total. The molecule has 0 saturated carbocycles. The molecule has 1 rings (SSSR count). The van der Waals surface area contributed by atoms with Crippen LogP contribution in [0.2, 0.25) is 10.0 Å². The van der Waals surface area contributed by atoms with Gasteiger partial charge in [-0.25, -0.2) is 4.79 Å². The van der Waals surface area contributed by atoms with Gasteiger partial charge in [-0.2, -0.15) is 4.99 Å². The molecule has 0 saturated heterocycles. The van der Waals surface area contributed by atoms with Crippen molar-refractivity contribution in [3.05, 3.63) is 27.7 Å². The molecule has 66 valence electrons. The fourth-order valence-electron chi connectivity index (χ4n) is 0.779. The van der Waals surface area contributed by atoms with E-state index in [2.05, 4.69) is 4.99 Å². The minimum Gasteiger partial charge on any atom is -0.298 e. The number of halogens is 2. The summed E-state index contributed by atoms with van der Waals surface area (Å²) in [7, 11) is 0. The van der Waals surface area contributed by atoms with E-state index in [1.54, 1.807) is 0 Å². The molecule has 1 aromatic carbocycles. The van der Waals surface area contributed by atoms with Crippen LogP contribution in [0.15, 0.2) is 17.1 Å². The van der Waals surface area contributed by atoms with Crippen LogP contribution in [-0.2, 0) is 4.79 Å². The van der Waals surface area contributed by atoms with Gasteiger partial charge in [-0.15, -0.1) is 0 Å². The number of carbonyl (C=O) groups excluding carboxylic acids is 2. The third kappa shape index (κ3) is 2.16. The van der Waals surface area contributed by atoms with Gasteiger partial charge < -0.3 is 0 Å². The van der Waals surface area contributed by atoms with Crippen molar-refractivity contribution >= 4 is 41.3 Å². The van der Waals surface area contributed by atoms with Crippen molar-refractivity contribution in [2.45, 2.75) is 0 Å². The average molecular weight is 216 g/mol. The van der Waals surface area contributed by atoms with Crippen molar-refractivity contribution in [2.24, 2.45) is 4.99 Å². The average Bonchev–Trinajstić information content (AvgIpc) is 2.10. The highest BCUT2D eigenvalue weighted by Crippen LogP contribution is 2.29. The summed E-state index contributed by atoms with van der Waals surface area (Å²) >= 11 is 11.3.